The van der Waals surface area contributed by atoms with Gasteiger partial charge in [-0.05, 0) is 45.9 Å². The summed E-state index contributed by atoms with van der Waals surface area (Å²) in [5, 5.41) is 4.20. The van der Waals surface area contributed by atoms with E-state index < -0.39 is 18.3 Å². The van der Waals surface area contributed by atoms with Crippen molar-refractivity contribution in [1.29, 1.82) is 0 Å². The summed E-state index contributed by atoms with van der Waals surface area (Å²) in [6.45, 7) is 7.93. The Morgan fingerprint density at radius 3 is 2.29 bits per heavy atom. The highest BCUT2D eigenvalue weighted by atomic mass is 19.1. The van der Waals surface area contributed by atoms with Crippen LogP contribution in [0.15, 0.2) is 36.5 Å². The van der Waals surface area contributed by atoms with Crippen molar-refractivity contribution in [2.45, 2.75) is 38.9 Å². The van der Waals surface area contributed by atoms with Crippen molar-refractivity contribution in [2.24, 2.45) is 0 Å². The lowest BCUT2D eigenvalue weighted by atomic mass is 9.84. The molecule has 0 saturated carbocycles. The van der Waals surface area contributed by atoms with E-state index in [9.17, 15) is 4.39 Å². The first-order valence-corrected chi connectivity index (χ1v) is 6.96. The number of halogens is 1. The summed E-state index contributed by atoms with van der Waals surface area (Å²) in [6.07, 6.45) is 1.62. The van der Waals surface area contributed by atoms with E-state index in [0.29, 0.717) is 11.3 Å². The summed E-state index contributed by atoms with van der Waals surface area (Å²) in [5.41, 5.74) is 0.176. The van der Waals surface area contributed by atoms with Gasteiger partial charge in [0.05, 0.1) is 22.5 Å². The molecule has 2 aromatic rings. The predicted molar refractivity (Wildman–Crippen MR) is 79.2 cm³/mol. The van der Waals surface area contributed by atoms with Crippen LogP contribution in [0.2, 0.25) is 0 Å². The normalized spacial score (nSPS) is 20.0. The Morgan fingerprint density at radius 2 is 1.67 bits per heavy atom. The van der Waals surface area contributed by atoms with Crippen molar-refractivity contribution in [3.8, 4) is 5.69 Å². The van der Waals surface area contributed by atoms with E-state index in [1.807, 2.05) is 27.7 Å². The molecular formula is C15H18BFN2O2. The molecule has 3 rings (SSSR count). The minimum atomic E-state index is -0.572. The molecule has 2 heterocycles. The maximum absolute atomic E-state index is 14.0. The molecule has 0 unspecified atom stereocenters. The third kappa shape index (κ3) is 2.28. The molecule has 1 fully saturated rings. The molecule has 0 aliphatic carbocycles. The third-order valence-electron chi connectivity index (χ3n) is 4.25. The van der Waals surface area contributed by atoms with Crippen LogP contribution in [0.5, 0.6) is 0 Å². The second-order valence-corrected chi connectivity index (χ2v) is 6.21. The van der Waals surface area contributed by atoms with Crippen molar-refractivity contribution in [3.05, 3.63) is 42.3 Å². The standard InChI is InChI=1S/C15H18BFN2O2/c1-14(2)15(3,4)21-16(20-14)13-9-10-18-19(13)12-8-6-5-7-11(12)17/h5-10H,1-4H3. The van der Waals surface area contributed by atoms with Gasteiger partial charge in [0.1, 0.15) is 5.82 Å². The highest BCUT2D eigenvalue weighted by Crippen LogP contribution is 2.36. The van der Waals surface area contributed by atoms with Gasteiger partial charge >= 0.3 is 7.12 Å². The highest BCUT2D eigenvalue weighted by Gasteiger charge is 2.52. The van der Waals surface area contributed by atoms with E-state index in [1.54, 1.807) is 30.5 Å². The molecule has 1 aliphatic heterocycles. The molecule has 0 spiro atoms. The monoisotopic (exact) mass is 288 g/mol. The van der Waals surface area contributed by atoms with Gasteiger partial charge in [-0.3, -0.25) is 0 Å². The van der Waals surface area contributed by atoms with E-state index in [-0.39, 0.29) is 5.82 Å². The molecule has 110 valence electrons. The van der Waals surface area contributed by atoms with Gasteiger partial charge in [0, 0.05) is 6.20 Å². The average Bonchev–Trinajstić information content (AvgIpc) is 2.93. The summed E-state index contributed by atoms with van der Waals surface area (Å²) >= 11 is 0. The van der Waals surface area contributed by atoms with Gasteiger partial charge in [0.15, 0.2) is 0 Å². The number of para-hydroxylation sites is 1. The fourth-order valence-corrected chi connectivity index (χ4v) is 2.28. The SMILES string of the molecule is CC1(C)OB(c2ccnn2-c2ccccc2F)OC1(C)C. The quantitative estimate of drug-likeness (QED) is 0.796. The molecule has 1 aromatic carbocycles. The Balaban J connectivity index is 2.00. The minimum absolute atomic E-state index is 0.334. The fourth-order valence-electron chi connectivity index (χ4n) is 2.28. The van der Waals surface area contributed by atoms with Crippen molar-refractivity contribution < 1.29 is 13.7 Å². The number of benzene rings is 1. The summed E-state index contributed by atoms with van der Waals surface area (Å²) in [7, 11) is -0.572. The first-order chi connectivity index (χ1) is 9.82. The molecule has 1 aliphatic rings. The highest BCUT2D eigenvalue weighted by molar-refractivity contribution is 6.61. The Kier molecular flexibility index (Phi) is 3.18. The number of nitrogens with zero attached hydrogens (tertiary/aromatic N) is 2. The lowest BCUT2D eigenvalue weighted by molar-refractivity contribution is 0.00578. The van der Waals surface area contributed by atoms with Crippen LogP contribution in [0, 0.1) is 5.82 Å². The first-order valence-electron chi connectivity index (χ1n) is 6.96. The Bertz CT molecular complexity index is 653. The van der Waals surface area contributed by atoms with Crippen LogP contribution < -0.4 is 5.59 Å². The molecule has 1 aromatic heterocycles. The zero-order chi connectivity index (χ0) is 15.3. The smallest absolute Gasteiger partial charge is 0.398 e. The van der Waals surface area contributed by atoms with Crippen LogP contribution in [0.25, 0.3) is 5.69 Å². The van der Waals surface area contributed by atoms with E-state index >= 15 is 0 Å². The second kappa shape index (κ2) is 4.68. The molecular weight excluding hydrogens is 270 g/mol. The van der Waals surface area contributed by atoms with Gasteiger partial charge < -0.3 is 9.31 Å². The molecule has 0 atom stereocenters. The topological polar surface area (TPSA) is 36.3 Å². The summed E-state index contributed by atoms with van der Waals surface area (Å²) in [5.74, 6) is -0.334. The third-order valence-corrected chi connectivity index (χ3v) is 4.25. The van der Waals surface area contributed by atoms with Gasteiger partial charge in [0.2, 0.25) is 0 Å². The van der Waals surface area contributed by atoms with Crippen LogP contribution >= 0.6 is 0 Å². The van der Waals surface area contributed by atoms with Gasteiger partial charge in [-0.2, -0.15) is 5.10 Å². The van der Waals surface area contributed by atoms with E-state index in [2.05, 4.69) is 5.10 Å². The van der Waals surface area contributed by atoms with Gasteiger partial charge in [-0.15, -0.1) is 0 Å². The van der Waals surface area contributed by atoms with Crippen molar-refractivity contribution in [2.75, 3.05) is 0 Å². The molecule has 0 bridgehead atoms. The largest absolute Gasteiger partial charge is 0.514 e. The van der Waals surface area contributed by atoms with Crippen LogP contribution in [0.4, 0.5) is 4.39 Å². The number of aromatic nitrogens is 2. The van der Waals surface area contributed by atoms with Crippen LogP contribution in [0.3, 0.4) is 0 Å². The first kappa shape index (κ1) is 14.3. The van der Waals surface area contributed by atoms with E-state index in [0.717, 1.165) is 0 Å². The minimum Gasteiger partial charge on any atom is -0.398 e. The lowest BCUT2D eigenvalue weighted by Gasteiger charge is -2.32. The zero-order valence-electron chi connectivity index (χ0n) is 12.6. The number of hydrogen-bond donors (Lipinski definition) is 0. The zero-order valence-corrected chi connectivity index (χ0v) is 12.6. The number of rotatable bonds is 2. The van der Waals surface area contributed by atoms with Crippen LogP contribution in [-0.2, 0) is 9.31 Å². The van der Waals surface area contributed by atoms with Crippen molar-refractivity contribution in [1.82, 2.24) is 9.78 Å². The molecule has 6 heteroatoms. The summed E-state index contributed by atoms with van der Waals surface area (Å²) in [6, 6.07) is 8.29. The van der Waals surface area contributed by atoms with Crippen molar-refractivity contribution in [3.63, 3.8) is 0 Å². The lowest BCUT2D eigenvalue weighted by Crippen LogP contribution is -2.41. The Hall–Kier alpha value is -1.66. The van der Waals surface area contributed by atoms with Crippen LogP contribution in [0.1, 0.15) is 27.7 Å². The van der Waals surface area contributed by atoms with Gasteiger partial charge in [0.25, 0.3) is 0 Å². The maximum Gasteiger partial charge on any atom is 0.514 e. The van der Waals surface area contributed by atoms with Crippen molar-refractivity contribution >= 4 is 12.7 Å². The van der Waals surface area contributed by atoms with Gasteiger partial charge in [-0.1, -0.05) is 12.1 Å². The molecule has 0 N–H and O–H groups in total. The molecule has 0 amide bonds. The maximum atomic E-state index is 14.0. The second-order valence-electron chi connectivity index (χ2n) is 6.21. The van der Waals surface area contributed by atoms with Gasteiger partial charge in [-0.25, -0.2) is 9.07 Å². The predicted octanol–water partition coefficient (Wildman–Crippen LogP) is 2.31. The molecule has 1 saturated heterocycles. The average molecular weight is 288 g/mol. The molecule has 21 heavy (non-hydrogen) atoms. The number of hydrogen-bond acceptors (Lipinski definition) is 3. The van der Waals surface area contributed by atoms with E-state index in [4.69, 9.17) is 9.31 Å². The summed E-state index contributed by atoms with van der Waals surface area (Å²) in [4.78, 5) is 0. The summed E-state index contributed by atoms with van der Waals surface area (Å²) < 4.78 is 27.5. The fraction of sp³-hybridized carbons (Fsp3) is 0.400. The van der Waals surface area contributed by atoms with Crippen LogP contribution in [-0.4, -0.2) is 28.1 Å². The Morgan fingerprint density at radius 1 is 1.05 bits per heavy atom. The molecule has 0 radical (unpaired) electrons. The van der Waals surface area contributed by atoms with E-state index in [1.165, 1.54) is 10.7 Å². The Labute approximate surface area is 124 Å². The molecule has 4 nitrogen and oxygen atoms in total.